The molecule has 0 unspecified atom stereocenters. The van der Waals surface area contributed by atoms with E-state index in [1.807, 2.05) is 24.4 Å². The summed E-state index contributed by atoms with van der Waals surface area (Å²) in [7, 11) is 3.22. The van der Waals surface area contributed by atoms with E-state index in [1.165, 1.54) is 27.1 Å². The molecule has 0 radical (unpaired) electrons. The van der Waals surface area contributed by atoms with E-state index in [4.69, 9.17) is 0 Å². The highest BCUT2D eigenvalue weighted by atomic mass is 32.1. The molecule has 0 saturated carbocycles. The SMILES string of the molecule is Cc1ccc(-c2csc3ncn(CC(=O)NCC(=O)N(C)C)c(=O)c23)s1. The first-order valence-electron chi connectivity index (χ1n) is 7.87. The molecule has 2 amide bonds. The van der Waals surface area contributed by atoms with Crippen molar-refractivity contribution < 1.29 is 9.59 Å². The van der Waals surface area contributed by atoms with Crippen molar-refractivity contribution >= 4 is 44.7 Å². The predicted molar refractivity (Wildman–Crippen MR) is 104 cm³/mol. The Morgan fingerprint density at radius 2 is 2.08 bits per heavy atom. The van der Waals surface area contributed by atoms with Gasteiger partial charge in [-0.05, 0) is 19.1 Å². The van der Waals surface area contributed by atoms with Crippen LogP contribution in [-0.2, 0) is 16.1 Å². The maximum absolute atomic E-state index is 12.9. The number of aromatic nitrogens is 2. The molecule has 136 valence electrons. The molecule has 3 heterocycles. The van der Waals surface area contributed by atoms with Crippen LogP contribution in [0.3, 0.4) is 0 Å². The minimum atomic E-state index is -0.410. The van der Waals surface area contributed by atoms with Gasteiger partial charge in [0.15, 0.2) is 0 Å². The molecule has 3 aromatic heterocycles. The van der Waals surface area contributed by atoms with Gasteiger partial charge in [0.25, 0.3) is 5.56 Å². The van der Waals surface area contributed by atoms with Gasteiger partial charge in [-0.25, -0.2) is 4.98 Å². The second-order valence-electron chi connectivity index (χ2n) is 5.98. The molecule has 3 aromatic rings. The van der Waals surface area contributed by atoms with Crippen LogP contribution < -0.4 is 10.9 Å². The Hall–Kier alpha value is -2.52. The zero-order valence-electron chi connectivity index (χ0n) is 14.6. The molecule has 0 fully saturated rings. The number of nitrogens with zero attached hydrogens (tertiary/aromatic N) is 3. The molecule has 0 aliphatic carbocycles. The molecule has 3 rings (SSSR count). The van der Waals surface area contributed by atoms with Crippen LogP contribution in [0.25, 0.3) is 20.7 Å². The van der Waals surface area contributed by atoms with Crippen molar-refractivity contribution in [3.63, 3.8) is 0 Å². The zero-order valence-corrected chi connectivity index (χ0v) is 16.2. The third-order valence-electron chi connectivity index (χ3n) is 3.82. The van der Waals surface area contributed by atoms with Gasteiger partial charge < -0.3 is 10.2 Å². The van der Waals surface area contributed by atoms with Crippen molar-refractivity contribution in [3.8, 4) is 10.4 Å². The number of thiophene rings is 2. The van der Waals surface area contributed by atoms with Gasteiger partial charge in [0, 0.05) is 34.8 Å². The number of rotatable bonds is 5. The maximum Gasteiger partial charge on any atom is 0.263 e. The van der Waals surface area contributed by atoms with Crippen molar-refractivity contribution in [2.75, 3.05) is 20.6 Å². The Morgan fingerprint density at radius 1 is 1.31 bits per heavy atom. The van der Waals surface area contributed by atoms with Gasteiger partial charge in [-0.2, -0.15) is 0 Å². The van der Waals surface area contributed by atoms with E-state index in [1.54, 1.807) is 25.4 Å². The Kier molecular flexibility index (Phi) is 5.19. The lowest BCUT2D eigenvalue weighted by Gasteiger charge is -2.11. The molecule has 26 heavy (non-hydrogen) atoms. The molecule has 0 aliphatic rings. The Labute approximate surface area is 157 Å². The summed E-state index contributed by atoms with van der Waals surface area (Å²) in [5.41, 5.74) is 0.588. The lowest BCUT2D eigenvalue weighted by atomic mass is 10.2. The Balaban J connectivity index is 1.86. The summed E-state index contributed by atoms with van der Waals surface area (Å²) in [6.07, 6.45) is 1.37. The number of fused-ring (bicyclic) bond motifs is 1. The fraction of sp³-hybridized carbons (Fsp3) is 0.294. The number of carbonyl (C=O) groups is 2. The summed E-state index contributed by atoms with van der Waals surface area (Å²) in [6.45, 7) is 1.73. The van der Waals surface area contributed by atoms with E-state index in [0.717, 1.165) is 15.3 Å². The highest BCUT2D eigenvalue weighted by Crippen LogP contribution is 2.34. The summed E-state index contributed by atoms with van der Waals surface area (Å²) in [6, 6.07) is 3.99. The lowest BCUT2D eigenvalue weighted by molar-refractivity contribution is -0.131. The largest absolute Gasteiger partial charge is 0.347 e. The molecule has 9 heteroatoms. The fourth-order valence-electron chi connectivity index (χ4n) is 2.38. The zero-order chi connectivity index (χ0) is 18.8. The second-order valence-corrected chi connectivity index (χ2v) is 8.13. The second kappa shape index (κ2) is 7.38. The average molecular weight is 390 g/mol. The van der Waals surface area contributed by atoms with Gasteiger partial charge in [0.2, 0.25) is 11.8 Å². The minimum absolute atomic E-state index is 0.103. The lowest BCUT2D eigenvalue weighted by Crippen LogP contribution is -2.39. The number of aryl methyl sites for hydroxylation is 1. The summed E-state index contributed by atoms with van der Waals surface area (Å²) in [4.78, 5) is 45.0. The molecule has 0 aliphatic heterocycles. The highest BCUT2D eigenvalue weighted by Gasteiger charge is 2.16. The fourth-order valence-corrected chi connectivity index (χ4v) is 4.25. The van der Waals surface area contributed by atoms with Crippen LogP contribution in [0, 0.1) is 6.92 Å². The maximum atomic E-state index is 12.9. The first-order chi connectivity index (χ1) is 12.4. The Morgan fingerprint density at radius 3 is 2.73 bits per heavy atom. The van der Waals surface area contributed by atoms with Crippen LogP contribution in [0.2, 0.25) is 0 Å². The van der Waals surface area contributed by atoms with Crippen LogP contribution in [0.1, 0.15) is 4.88 Å². The van der Waals surface area contributed by atoms with Crippen LogP contribution in [0.15, 0.2) is 28.6 Å². The van der Waals surface area contributed by atoms with E-state index < -0.39 is 5.91 Å². The van der Waals surface area contributed by atoms with E-state index >= 15 is 0 Å². The number of likely N-dealkylation sites (N-methyl/N-ethyl adjacent to an activating group) is 1. The standard InChI is InChI=1S/C17H18N4O3S2/c1-10-4-5-12(26-10)11-8-25-16-15(11)17(24)21(9-19-16)7-13(22)18-6-14(23)20(2)3/h4-5,8-9H,6-7H2,1-3H3,(H,18,22). The molecule has 0 bridgehead atoms. The number of hydrogen-bond acceptors (Lipinski definition) is 6. The first kappa shape index (κ1) is 18.3. The molecular weight excluding hydrogens is 372 g/mol. The van der Waals surface area contributed by atoms with Gasteiger partial charge >= 0.3 is 0 Å². The summed E-state index contributed by atoms with van der Waals surface area (Å²) >= 11 is 3.02. The van der Waals surface area contributed by atoms with E-state index in [-0.39, 0.29) is 24.6 Å². The average Bonchev–Trinajstić information content (AvgIpc) is 3.21. The quantitative estimate of drug-likeness (QED) is 0.719. The molecule has 7 nitrogen and oxygen atoms in total. The van der Waals surface area contributed by atoms with Crippen LogP contribution in [0.4, 0.5) is 0 Å². The van der Waals surface area contributed by atoms with Crippen LogP contribution >= 0.6 is 22.7 Å². The van der Waals surface area contributed by atoms with Gasteiger partial charge in [0.05, 0.1) is 18.3 Å². The molecule has 0 spiro atoms. The van der Waals surface area contributed by atoms with Gasteiger partial charge in [-0.1, -0.05) is 0 Å². The van der Waals surface area contributed by atoms with Gasteiger partial charge in [-0.15, -0.1) is 22.7 Å². The summed E-state index contributed by atoms with van der Waals surface area (Å²) < 4.78 is 1.27. The van der Waals surface area contributed by atoms with E-state index in [9.17, 15) is 14.4 Å². The number of hydrogen-bond donors (Lipinski definition) is 1. The van der Waals surface area contributed by atoms with Crippen molar-refractivity contribution in [2.45, 2.75) is 13.5 Å². The normalized spacial score (nSPS) is 10.9. The van der Waals surface area contributed by atoms with Crippen molar-refractivity contribution in [1.29, 1.82) is 0 Å². The first-order valence-corrected chi connectivity index (χ1v) is 9.56. The smallest absolute Gasteiger partial charge is 0.263 e. The summed E-state index contributed by atoms with van der Waals surface area (Å²) in [5.74, 6) is -0.625. The summed E-state index contributed by atoms with van der Waals surface area (Å²) in [5, 5.41) is 4.96. The molecule has 0 aromatic carbocycles. The van der Waals surface area contributed by atoms with Crippen LogP contribution in [-0.4, -0.2) is 46.9 Å². The van der Waals surface area contributed by atoms with E-state index in [2.05, 4.69) is 10.3 Å². The van der Waals surface area contributed by atoms with Gasteiger partial charge in [0.1, 0.15) is 11.4 Å². The Bertz CT molecular complexity index is 1030. The highest BCUT2D eigenvalue weighted by molar-refractivity contribution is 7.19. The molecule has 0 saturated heterocycles. The van der Waals surface area contributed by atoms with Crippen molar-refractivity contribution in [1.82, 2.24) is 19.8 Å². The van der Waals surface area contributed by atoms with Gasteiger partial charge in [-0.3, -0.25) is 19.0 Å². The van der Waals surface area contributed by atoms with Crippen molar-refractivity contribution in [2.24, 2.45) is 0 Å². The van der Waals surface area contributed by atoms with Crippen molar-refractivity contribution in [3.05, 3.63) is 39.1 Å². The number of carbonyl (C=O) groups excluding carboxylic acids is 2. The molecular formula is C17H18N4O3S2. The minimum Gasteiger partial charge on any atom is -0.347 e. The van der Waals surface area contributed by atoms with Crippen LogP contribution in [0.5, 0.6) is 0 Å². The number of nitrogens with one attached hydrogen (secondary N) is 1. The molecule has 1 N–H and O–H groups in total. The number of amides is 2. The molecule has 0 atom stereocenters. The third kappa shape index (κ3) is 3.68. The third-order valence-corrected chi connectivity index (χ3v) is 5.74. The topological polar surface area (TPSA) is 84.3 Å². The monoisotopic (exact) mass is 390 g/mol. The predicted octanol–water partition coefficient (Wildman–Crippen LogP) is 1.70. The van der Waals surface area contributed by atoms with E-state index in [0.29, 0.717) is 10.2 Å².